The molecule has 4 rings (SSSR count). The Balaban J connectivity index is 1.32. The van der Waals surface area contributed by atoms with Crippen molar-refractivity contribution in [1.82, 2.24) is 10.7 Å². The molecule has 2 fully saturated rings. The number of hydrazone groups is 1. The monoisotopic (exact) mass is 357 g/mol. The van der Waals surface area contributed by atoms with Crippen molar-refractivity contribution in [1.29, 1.82) is 0 Å². The van der Waals surface area contributed by atoms with E-state index in [1.54, 1.807) is 24.4 Å². The zero-order chi connectivity index (χ0) is 17.4. The van der Waals surface area contributed by atoms with E-state index in [2.05, 4.69) is 28.0 Å². The van der Waals surface area contributed by atoms with Gasteiger partial charge < -0.3 is 15.2 Å². The smallest absolute Gasteiger partial charge is 0.187 e. The Morgan fingerprint density at radius 3 is 3.08 bits per heavy atom. The van der Waals surface area contributed by atoms with Gasteiger partial charge in [0.05, 0.1) is 13.3 Å². The molecule has 6 heteroatoms. The molecular weight excluding hydrogens is 334 g/mol. The number of phenolic OH excluding ortho intramolecular Hbond substituents is 1. The molecule has 0 aliphatic heterocycles. The van der Waals surface area contributed by atoms with Crippen LogP contribution in [0.15, 0.2) is 35.5 Å². The van der Waals surface area contributed by atoms with Gasteiger partial charge in [-0.25, -0.2) is 0 Å². The van der Waals surface area contributed by atoms with Crippen molar-refractivity contribution >= 4 is 23.5 Å². The van der Waals surface area contributed by atoms with Crippen molar-refractivity contribution < 1.29 is 9.84 Å². The molecule has 1 aromatic rings. The van der Waals surface area contributed by atoms with Gasteiger partial charge in [-0.1, -0.05) is 18.2 Å². The Kier molecular flexibility index (Phi) is 4.37. The maximum absolute atomic E-state index is 10.0. The molecule has 0 amide bonds. The predicted molar refractivity (Wildman–Crippen MR) is 102 cm³/mol. The predicted octanol–water partition coefficient (Wildman–Crippen LogP) is 2.80. The number of hydrogen-bond acceptors (Lipinski definition) is 4. The minimum absolute atomic E-state index is 0.0709. The molecule has 2 bridgehead atoms. The van der Waals surface area contributed by atoms with E-state index in [-0.39, 0.29) is 5.75 Å². The standard InChI is InChI=1S/C19H23N3O2S/c1-24-17-7-2-4-11(18(17)23)10-20-22-19(25)21-16-9-12-8-15(16)14-6-3-5-13(12)14/h2-4,6-7,10,12-16,23H,5,8-9H2,1H3,(H2,21,22,25)/b20-10-/t12-,13-,14+,15+,16+/m0/s1. The summed E-state index contributed by atoms with van der Waals surface area (Å²) in [5, 5.41) is 18.2. The second kappa shape index (κ2) is 6.67. The molecule has 3 N–H and O–H groups in total. The normalized spacial score (nSPS) is 32.1. The fourth-order valence-corrected chi connectivity index (χ4v) is 5.08. The van der Waals surface area contributed by atoms with E-state index >= 15 is 0 Å². The van der Waals surface area contributed by atoms with Gasteiger partial charge in [0, 0.05) is 11.6 Å². The molecule has 0 heterocycles. The molecule has 132 valence electrons. The van der Waals surface area contributed by atoms with E-state index in [1.807, 2.05) is 0 Å². The van der Waals surface area contributed by atoms with Gasteiger partial charge in [-0.15, -0.1) is 0 Å². The van der Waals surface area contributed by atoms with E-state index in [1.165, 1.54) is 26.4 Å². The first-order valence-electron chi connectivity index (χ1n) is 8.79. The third-order valence-electron chi connectivity index (χ3n) is 5.95. The molecule has 0 aromatic heterocycles. The number of hydrogen-bond donors (Lipinski definition) is 3. The van der Waals surface area contributed by atoms with Crippen molar-refractivity contribution in [2.45, 2.75) is 25.3 Å². The number of phenols is 1. The lowest BCUT2D eigenvalue weighted by atomic mass is 9.79. The van der Waals surface area contributed by atoms with Crippen LogP contribution in [-0.2, 0) is 0 Å². The van der Waals surface area contributed by atoms with Crippen molar-refractivity contribution in [3.63, 3.8) is 0 Å². The van der Waals surface area contributed by atoms with Crippen LogP contribution < -0.4 is 15.5 Å². The SMILES string of the molecule is COc1cccc(/C=N\NC(=S)N[C@@H]2C[C@@H]3C[C@@H]2[C@@H]2C=CC[C@@H]32)c1O. The second-order valence-corrected chi connectivity index (χ2v) is 7.56. The number of thiocarbonyl (C=S) groups is 1. The van der Waals surface area contributed by atoms with Gasteiger partial charge >= 0.3 is 0 Å². The highest BCUT2D eigenvalue weighted by Crippen LogP contribution is 2.56. The van der Waals surface area contributed by atoms with Gasteiger partial charge in [-0.3, -0.25) is 5.43 Å². The van der Waals surface area contributed by atoms with E-state index in [4.69, 9.17) is 17.0 Å². The number of nitrogens with zero attached hydrogens (tertiary/aromatic N) is 1. The zero-order valence-electron chi connectivity index (χ0n) is 14.2. The number of ether oxygens (including phenoxy) is 1. The van der Waals surface area contributed by atoms with Gasteiger partial charge in [0.15, 0.2) is 16.6 Å². The molecule has 1 aromatic carbocycles. The fraction of sp³-hybridized carbons (Fsp3) is 0.474. The Bertz CT molecular complexity index is 733. The average Bonchev–Trinajstić information content (AvgIpc) is 3.29. The minimum atomic E-state index is 0.0709. The lowest BCUT2D eigenvalue weighted by Gasteiger charge is -2.32. The molecule has 0 spiro atoms. The van der Waals surface area contributed by atoms with Crippen LogP contribution in [0, 0.1) is 23.7 Å². The van der Waals surface area contributed by atoms with Crippen molar-refractivity contribution in [3.8, 4) is 11.5 Å². The van der Waals surface area contributed by atoms with E-state index < -0.39 is 0 Å². The lowest BCUT2D eigenvalue weighted by Crippen LogP contribution is -2.45. The second-order valence-electron chi connectivity index (χ2n) is 7.15. The van der Waals surface area contributed by atoms with Crippen LogP contribution in [0.3, 0.4) is 0 Å². The van der Waals surface area contributed by atoms with Crippen LogP contribution in [-0.4, -0.2) is 29.6 Å². The van der Waals surface area contributed by atoms with Gasteiger partial charge in [0.1, 0.15) is 0 Å². The maximum atomic E-state index is 10.0. The largest absolute Gasteiger partial charge is 0.504 e. The van der Waals surface area contributed by atoms with Crippen LogP contribution in [0.2, 0.25) is 0 Å². The minimum Gasteiger partial charge on any atom is -0.504 e. The Hall–Kier alpha value is -2.08. The molecule has 5 atom stereocenters. The summed E-state index contributed by atoms with van der Waals surface area (Å²) in [6.07, 6.45) is 10.1. The molecule has 2 saturated carbocycles. The highest BCUT2D eigenvalue weighted by Gasteiger charge is 2.52. The first-order chi connectivity index (χ1) is 12.2. The molecule has 3 aliphatic rings. The first kappa shape index (κ1) is 16.4. The summed E-state index contributed by atoms with van der Waals surface area (Å²) >= 11 is 5.38. The van der Waals surface area contributed by atoms with Gasteiger partial charge in [-0.2, -0.15) is 5.10 Å². The molecule has 25 heavy (non-hydrogen) atoms. The molecule has 0 unspecified atom stereocenters. The summed E-state index contributed by atoms with van der Waals surface area (Å²) in [5.74, 6) is 3.63. The molecule has 0 radical (unpaired) electrons. The Morgan fingerprint density at radius 2 is 2.24 bits per heavy atom. The number of methoxy groups -OCH3 is 1. The quantitative estimate of drug-likeness (QED) is 0.335. The first-order valence-corrected chi connectivity index (χ1v) is 9.20. The van der Waals surface area contributed by atoms with Crippen LogP contribution in [0.5, 0.6) is 11.5 Å². The van der Waals surface area contributed by atoms with E-state index in [0.29, 0.717) is 28.4 Å². The van der Waals surface area contributed by atoms with Gasteiger partial charge in [0.25, 0.3) is 0 Å². The summed E-state index contributed by atoms with van der Waals surface area (Å²) in [7, 11) is 1.52. The number of para-hydroxylation sites is 1. The topological polar surface area (TPSA) is 65.9 Å². The summed E-state index contributed by atoms with van der Waals surface area (Å²) in [6.45, 7) is 0. The molecule has 3 aliphatic carbocycles. The van der Waals surface area contributed by atoms with Crippen molar-refractivity contribution in [2.75, 3.05) is 7.11 Å². The van der Waals surface area contributed by atoms with Crippen molar-refractivity contribution in [3.05, 3.63) is 35.9 Å². The van der Waals surface area contributed by atoms with E-state index in [9.17, 15) is 5.11 Å². The number of aromatic hydroxyl groups is 1. The lowest BCUT2D eigenvalue weighted by molar-refractivity contribution is 0.246. The molecule has 5 nitrogen and oxygen atoms in total. The third kappa shape index (κ3) is 2.99. The number of allylic oxidation sites excluding steroid dienone is 2. The zero-order valence-corrected chi connectivity index (χ0v) is 15.0. The van der Waals surface area contributed by atoms with Gasteiger partial charge in [-0.05, 0) is 67.3 Å². The highest BCUT2D eigenvalue weighted by molar-refractivity contribution is 7.80. The summed E-state index contributed by atoms with van der Waals surface area (Å²) < 4.78 is 5.09. The number of benzene rings is 1. The third-order valence-corrected chi connectivity index (χ3v) is 6.15. The molecule has 0 saturated heterocycles. The van der Waals surface area contributed by atoms with Crippen LogP contribution >= 0.6 is 12.2 Å². The van der Waals surface area contributed by atoms with Crippen LogP contribution in [0.4, 0.5) is 0 Å². The number of nitrogens with one attached hydrogen (secondary N) is 2. The van der Waals surface area contributed by atoms with Crippen molar-refractivity contribution in [2.24, 2.45) is 28.8 Å². The summed E-state index contributed by atoms with van der Waals surface area (Å²) in [5.41, 5.74) is 3.44. The maximum Gasteiger partial charge on any atom is 0.187 e. The molecular formula is C19H23N3O2S. The number of rotatable bonds is 4. The van der Waals surface area contributed by atoms with Crippen LogP contribution in [0.25, 0.3) is 0 Å². The Morgan fingerprint density at radius 1 is 1.36 bits per heavy atom. The summed E-state index contributed by atoms with van der Waals surface area (Å²) in [6, 6.07) is 5.71. The summed E-state index contributed by atoms with van der Waals surface area (Å²) in [4.78, 5) is 0. The van der Waals surface area contributed by atoms with E-state index in [0.717, 1.165) is 17.8 Å². The Labute approximate surface area is 153 Å². The van der Waals surface area contributed by atoms with Gasteiger partial charge in [0.2, 0.25) is 0 Å². The highest BCUT2D eigenvalue weighted by atomic mass is 32.1. The average molecular weight is 357 g/mol. The number of fused-ring (bicyclic) bond motifs is 5. The van der Waals surface area contributed by atoms with Crippen LogP contribution in [0.1, 0.15) is 24.8 Å². The fourth-order valence-electron chi connectivity index (χ4n) is 4.88.